The first-order valence-electron chi connectivity index (χ1n) is 7.24. The second-order valence-electron chi connectivity index (χ2n) is 5.20. The Hall–Kier alpha value is -0.540. The molecule has 0 aliphatic rings. The van der Waals surface area contributed by atoms with Gasteiger partial charge in [-0.25, -0.2) is 0 Å². The highest BCUT2D eigenvalue weighted by atomic mass is 79.9. The van der Waals surface area contributed by atoms with Gasteiger partial charge in [0.15, 0.2) is 0 Å². The lowest BCUT2D eigenvalue weighted by molar-refractivity contribution is 0.339. The SMILES string of the molecule is CCNC(CCC(C)C)c1ccc(OCC)cc1Br. The van der Waals surface area contributed by atoms with E-state index in [1.807, 2.05) is 6.92 Å². The zero-order valence-corrected chi connectivity index (χ0v) is 14.1. The second-order valence-corrected chi connectivity index (χ2v) is 6.05. The molecule has 2 nitrogen and oxygen atoms in total. The summed E-state index contributed by atoms with van der Waals surface area (Å²) in [4.78, 5) is 0. The van der Waals surface area contributed by atoms with Gasteiger partial charge in [0.2, 0.25) is 0 Å². The van der Waals surface area contributed by atoms with Crippen molar-refractivity contribution in [2.75, 3.05) is 13.2 Å². The fourth-order valence-electron chi connectivity index (χ4n) is 2.16. The summed E-state index contributed by atoms with van der Waals surface area (Å²) in [5, 5.41) is 3.58. The van der Waals surface area contributed by atoms with Crippen LogP contribution in [0.1, 0.15) is 52.1 Å². The molecule has 108 valence electrons. The lowest BCUT2D eigenvalue weighted by Crippen LogP contribution is -2.21. The average Bonchev–Trinajstić information content (AvgIpc) is 2.35. The van der Waals surface area contributed by atoms with Gasteiger partial charge in [-0.05, 0) is 49.9 Å². The molecule has 3 heteroatoms. The van der Waals surface area contributed by atoms with Gasteiger partial charge in [-0.2, -0.15) is 0 Å². The molecule has 0 aliphatic carbocycles. The lowest BCUT2D eigenvalue weighted by Gasteiger charge is -2.21. The normalized spacial score (nSPS) is 12.7. The van der Waals surface area contributed by atoms with Gasteiger partial charge >= 0.3 is 0 Å². The molecule has 0 radical (unpaired) electrons. The molecule has 0 saturated carbocycles. The van der Waals surface area contributed by atoms with Crippen LogP contribution in [0.4, 0.5) is 0 Å². The molecule has 19 heavy (non-hydrogen) atoms. The zero-order chi connectivity index (χ0) is 14.3. The van der Waals surface area contributed by atoms with Crippen LogP contribution in [-0.2, 0) is 0 Å². The maximum atomic E-state index is 5.53. The van der Waals surface area contributed by atoms with E-state index in [2.05, 4.69) is 60.2 Å². The fourth-order valence-corrected chi connectivity index (χ4v) is 2.79. The number of halogens is 1. The van der Waals surface area contributed by atoms with Crippen LogP contribution in [0.25, 0.3) is 0 Å². The molecule has 0 fully saturated rings. The van der Waals surface area contributed by atoms with E-state index in [-0.39, 0.29) is 0 Å². The number of nitrogens with one attached hydrogen (secondary N) is 1. The molecule has 1 aromatic rings. The summed E-state index contributed by atoms with van der Waals surface area (Å²) >= 11 is 3.67. The topological polar surface area (TPSA) is 21.3 Å². The third-order valence-corrected chi connectivity index (χ3v) is 3.83. The zero-order valence-electron chi connectivity index (χ0n) is 12.5. The van der Waals surface area contributed by atoms with Gasteiger partial charge < -0.3 is 10.1 Å². The van der Waals surface area contributed by atoms with E-state index in [9.17, 15) is 0 Å². The Labute approximate surface area is 126 Å². The molecule has 1 N–H and O–H groups in total. The van der Waals surface area contributed by atoms with E-state index in [1.165, 1.54) is 12.0 Å². The Bertz CT molecular complexity index is 379. The highest BCUT2D eigenvalue weighted by Crippen LogP contribution is 2.30. The monoisotopic (exact) mass is 327 g/mol. The minimum Gasteiger partial charge on any atom is -0.494 e. The van der Waals surface area contributed by atoms with Crippen molar-refractivity contribution in [1.82, 2.24) is 5.32 Å². The van der Waals surface area contributed by atoms with E-state index in [1.54, 1.807) is 0 Å². The molecule has 1 rings (SSSR count). The highest BCUT2D eigenvalue weighted by Gasteiger charge is 2.14. The van der Waals surface area contributed by atoms with E-state index >= 15 is 0 Å². The van der Waals surface area contributed by atoms with Crippen molar-refractivity contribution in [3.8, 4) is 5.75 Å². The summed E-state index contributed by atoms with van der Waals surface area (Å²) in [5.74, 6) is 1.67. The third kappa shape index (κ3) is 5.53. The smallest absolute Gasteiger partial charge is 0.120 e. The molecule has 0 amide bonds. The minimum atomic E-state index is 0.414. The minimum absolute atomic E-state index is 0.414. The van der Waals surface area contributed by atoms with Gasteiger partial charge in [-0.1, -0.05) is 42.8 Å². The standard InChI is InChI=1S/C16H26BrNO/c1-5-18-16(10-7-12(3)4)14-9-8-13(19-6-2)11-15(14)17/h8-9,11-12,16,18H,5-7,10H2,1-4H3. The molecule has 0 aliphatic heterocycles. The van der Waals surface area contributed by atoms with Gasteiger partial charge in [-0.3, -0.25) is 0 Å². The fraction of sp³-hybridized carbons (Fsp3) is 0.625. The van der Waals surface area contributed by atoms with Gasteiger partial charge in [0.05, 0.1) is 6.61 Å². The van der Waals surface area contributed by atoms with Crippen molar-refractivity contribution in [2.24, 2.45) is 5.92 Å². The Kier molecular flexibility index (Phi) is 7.47. The van der Waals surface area contributed by atoms with Crippen LogP contribution < -0.4 is 10.1 Å². The van der Waals surface area contributed by atoms with Crippen molar-refractivity contribution in [3.05, 3.63) is 28.2 Å². The van der Waals surface area contributed by atoms with Gasteiger partial charge in [0.25, 0.3) is 0 Å². The summed E-state index contributed by atoms with van der Waals surface area (Å²) in [6.07, 6.45) is 2.40. The Morgan fingerprint density at radius 1 is 1.21 bits per heavy atom. The predicted molar refractivity (Wildman–Crippen MR) is 85.8 cm³/mol. The summed E-state index contributed by atoms with van der Waals surface area (Å²) in [5.41, 5.74) is 1.32. The molecule has 1 atom stereocenters. The van der Waals surface area contributed by atoms with Crippen molar-refractivity contribution in [2.45, 2.75) is 46.6 Å². The van der Waals surface area contributed by atoms with Gasteiger partial charge in [0, 0.05) is 10.5 Å². The number of rotatable bonds is 8. The molecule has 0 spiro atoms. The first-order valence-corrected chi connectivity index (χ1v) is 8.03. The van der Waals surface area contributed by atoms with Crippen molar-refractivity contribution >= 4 is 15.9 Å². The van der Waals surface area contributed by atoms with Crippen molar-refractivity contribution in [3.63, 3.8) is 0 Å². The number of benzene rings is 1. The van der Waals surface area contributed by atoms with Crippen LogP contribution in [0.15, 0.2) is 22.7 Å². The quantitative estimate of drug-likeness (QED) is 0.730. The molecule has 0 aromatic heterocycles. The van der Waals surface area contributed by atoms with Gasteiger partial charge in [0.1, 0.15) is 5.75 Å². The van der Waals surface area contributed by atoms with Crippen molar-refractivity contribution in [1.29, 1.82) is 0 Å². The molecule has 1 aromatic carbocycles. The van der Waals surface area contributed by atoms with E-state index in [0.717, 1.165) is 29.1 Å². The second kappa shape index (κ2) is 8.60. The molecule has 0 heterocycles. The maximum absolute atomic E-state index is 5.53. The maximum Gasteiger partial charge on any atom is 0.120 e. The lowest BCUT2D eigenvalue weighted by atomic mass is 9.97. The highest BCUT2D eigenvalue weighted by molar-refractivity contribution is 9.10. The summed E-state index contributed by atoms with van der Waals surface area (Å²) in [6, 6.07) is 6.71. The molecular weight excluding hydrogens is 302 g/mol. The molecule has 1 unspecified atom stereocenters. The van der Waals surface area contributed by atoms with Gasteiger partial charge in [-0.15, -0.1) is 0 Å². The number of hydrogen-bond donors (Lipinski definition) is 1. The Balaban J connectivity index is 2.82. The van der Waals surface area contributed by atoms with Crippen molar-refractivity contribution < 1.29 is 4.74 Å². The van der Waals surface area contributed by atoms with Crippen LogP contribution in [-0.4, -0.2) is 13.2 Å². The largest absolute Gasteiger partial charge is 0.494 e. The number of ether oxygens (including phenoxy) is 1. The first-order chi connectivity index (χ1) is 9.08. The third-order valence-electron chi connectivity index (χ3n) is 3.14. The van der Waals surface area contributed by atoms with Crippen LogP contribution >= 0.6 is 15.9 Å². The van der Waals surface area contributed by atoms with E-state index < -0.39 is 0 Å². The molecule has 0 bridgehead atoms. The summed E-state index contributed by atoms with van der Waals surface area (Å²) < 4.78 is 6.66. The van der Waals surface area contributed by atoms with E-state index in [4.69, 9.17) is 4.74 Å². The Morgan fingerprint density at radius 3 is 2.47 bits per heavy atom. The predicted octanol–water partition coefficient (Wildman–Crippen LogP) is 4.93. The average molecular weight is 328 g/mol. The van der Waals surface area contributed by atoms with E-state index in [0.29, 0.717) is 12.6 Å². The van der Waals surface area contributed by atoms with Crippen LogP contribution in [0.3, 0.4) is 0 Å². The molecular formula is C16H26BrNO. The van der Waals surface area contributed by atoms with Crippen LogP contribution in [0.2, 0.25) is 0 Å². The summed E-state index contributed by atoms with van der Waals surface area (Å²) in [7, 11) is 0. The Morgan fingerprint density at radius 2 is 1.95 bits per heavy atom. The molecule has 0 saturated heterocycles. The summed E-state index contributed by atoms with van der Waals surface area (Å²) in [6.45, 7) is 10.4. The number of hydrogen-bond acceptors (Lipinski definition) is 2. The van der Waals surface area contributed by atoms with Crippen LogP contribution in [0.5, 0.6) is 5.75 Å². The first kappa shape index (κ1) is 16.5. The van der Waals surface area contributed by atoms with Crippen LogP contribution in [0, 0.1) is 5.92 Å².